The van der Waals surface area contributed by atoms with Crippen LogP contribution < -0.4 is 11.1 Å². The highest BCUT2D eigenvalue weighted by molar-refractivity contribution is 5.94. The Bertz CT molecular complexity index is 557. The van der Waals surface area contributed by atoms with Crippen molar-refractivity contribution >= 4 is 11.6 Å². The highest BCUT2D eigenvalue weighted by atomic mass is 19.1. The number of carbonyl (C=O) groups excluding carboxylic acids is 1. The fourth-order valence-electron chi connectivity index (χ4n) is 1.52. The van der Waals surface area contributed by atoms with Crippen LogP contribution in [0.1, 0.15) is 16.1 Å². The maximum Gasteiger partial charge on any atom is 0.251 e. The van der Waals surface area contributed by atoms with E-state index in [9.17, 15) is 9.18 Å². The molecule has 0 aliphatic rings. The molecule has 0 saturated heterocycles. The molecular formula is C13H12FN3O. The van der Waals surface area contributed by atoms with Crippen LogP contribution >= 0.6 is 0 Å². The summed E-state index contributed by atoms with van der Waals surface area (Å²) in [6.07, 6.45) is 1.69. The lowest BCUT2D eigenvalue weighted by molar-refractivity contribution is 0.0996. The van der Waals surface area contributed by atoms with E-state index in [0.717, 1.165) is 5.69 Å². The quantitative estimate of drug-likeness (QED) is 0.864. The van der Waals surface area contributed by atoms with Gasteiger partial charge < -0.3 is 11.1 Å². The Hall–Kier alpha value is -2.43. The van der Waals surface area contributed by atoms with Gasteiger partial charge in [-0.1, -0.05) is 6.07 Å². The smallest absolute Gasteiger partial charge is 0.251 e. The Morgan fingerprint density at radius 3 is 2.83 bits per heavy atom. The molecular weight excluding hydrogens is 233 g/mol. The summed E-state index contributed by atoms with van der Waals surface area (Å²) >= 11 is 0. The lowest BCUT2D eigenvalue weighted by atomic mass is 10.1. The largest absolute Gasteiger partial charge is 0.379 e. The molecule has 0 unspecified atom stereocenters. The number of nitrogens with zero attached hydrogens (tertiary/aromatic N) is 1. The third kappa shape index (κ3) is 2.82. The number of primary amides is 1. The topological polar surface area (TPSA) is 68.0 Å². The molecule has 0 atom stereocenters. The Morgan fingerprint density at radius 2 is 2.17 bits per heavy atom. The second-order valence-corrected chi connectivity index (χ2v) is 3.73. The zero-order valence-corrected chi connectivity index (χ0v) is 9.56. The predicted molar refractivity (Wildman–Crippen MR) is 66.5 cm³/mol. The van der Waals surface area contributed by atoms with Crippen LogP contribution in [0, 0.1) is 5.82 Å². The maximum atomic E-state index is 13.2. The average Bonchev–Trinajstić information content (AvgIpc) is 2.38. The van der Waals surface area contributed by atoms with Crippen LogP contribution in [-0.4, -0.2) is 10.9 Å². The molecule has 1 aromatic heterocycles. The Kier molecular flexibility index (Phi) is 3.52. The van der Waals surface area contributed by atoms with Crippen LogP contribution in [-0.2, 0) is 6.54 Å². The number of carbonyl (C=O) groups is 1. The van der Waals surface area contributed by atoms with Crippen molar-refractivity contribution in [3.05, 3.63) is 59.7 Å². The van der Waals surface area contributed by atoms with E-state index in [1.165, 1.54) is 12.1 Å². The van der Waals surface area contributed by atoms with E-state index in [4.69, 9.17) is 5.73 Å². The van der Waals surface area contributed by atoms with Crippen molar-refractivity contribution < 1.29 is 9.18 Å². The molecule has 0 spiro atoms. The van der Waals surface area contributed by atoms with Gasteiger partial charge >= 0.3 is 0 Å². The van der Waals surface area contributed by atoms with Crippen LogP contribution in [0.25, 0.3) is 0 Å². The summed E-state index contributed by atoms with van der Waals surface area (Å²) in [6, 6.07) is 9.72. The average molecular weight is 245 g/mol. The van der Waals surface area contributed by atoms with Gasteiger partial charge in [0.25, 0.3) is 5.91 Å². The highest BCUT2D eigenvalue weighted by Gasteiger charge is 2.08. The molecule has 0 aliphatic heterocycles. The summed E-state index contributed by atoms with van der Waals surface area (Å²) in [7, 11) is 0. The first-order valence-corrected chi connectivity index (χ1v) is 5.40. The number of pyridine rings is 1. The van der Waals surface area contributed by atoms with E-state index in [1.807, 2.05) is 18.2 Å². The molecule has 0 aliphatic carbocycles. The number of hydrogen-bond donors (Lipinski definition) is 2. The molecule has 0 bridgehead atoms. The molecule has 2 rings (SSSR count). The first-order chi connectivity index (χ1) is 8.66. The van der Waals surface area contributed by atoms with Gasteiger partial charge in [-0.05, 0) is 30.3 Å². The van der Waals surface area contributed by atoms with Gasteiger partial charge in [0, 0.05) is 11.9 Å². The number of nitrogens with two attached hydrogens (primary N) is 1. The van der Waals surface area contributed by atoms with E-state index in [2.05, 4.69) is 10.3 Å². The minimum absolute atomic E-state index is 0.124. The van der Waals surface area contributed by atoms with Crippen molar-refractivity contribution in [2.75, 3.05) is 5.32 Å². The Labute approximate surface area is 104 Å². The van der Waals surface area contributed by atoms with Gasteiger partial charge in [-0.15, -0.1) is 0 Å². The number of aromatic nitrogens is 1. The molecule has 1 heterocycles. The molecule has 1 aromatic carbocycles. The number of rotatable bonds is 4. The number of hydrogen-bond acceptors (Lipinski definition) is 3. The van der Waals surface area contributed by atoms with Gasteiger partial charge in [-0.2, -0.15) is 0 Å². The van der Waals surface area contributed by atoms with Crippen LogP contribution in [0.4, 0.5) is 10.1 Å². The van der Waals surface area contributed by atoms with Gasteiger partial charge in [0.05, 0.1) is 17.8 Å². The molecule has 18 heavy (non-hydrogen) atoms. The van der Waals surface area contributed by atoms with Crippen molar-refractivity contribution in [1.29, 1.82) is 0 Å². The first kappa shape index (κ1) is 12.0. The minimum Gasteiger partial charge on any atom is -0.379 e. The van der Waals surface area contributed by atoms with E-state index in [-0.39, 0.29) is 5.56 Å². The zero-order chi connectivity index (χ0) is 13.0. The van der Waals surface area contributed by atoms with Crippen molar-refractivity contribution in [3.63, 3.8) is 0 Å². The van der Waals surface area contributed by atoms with Gasteiger partial charge in [-0.3, -0.25) is 9.78 Å². The highest BCUT2D eigenvalue weighted by Crippen LogP contribution is 2.15. The predicted octanol–water partition coefficient (Wildman–Crippen LogP) is 1.93. The second-order valence-electron chi connectivity index (χ2n) is 3.73. The third-order valence-corrected chi connectivity index (χ3v) is 2.43. The van der Waals surface area contributed by atoms with E-state index >= 15 is 0 Å². The fraction of sp³-hybridized carbons (Fsp3) is 0.0769. The number of halogens is 1. The third-order valence-electron chi connectivity index (χ3n) is 2.43. The van der Waals surface area contributed by atoms with Crippen molar-refractivity contribution in [2.45, 2.75) is 6.54 Å². The zero-order valence-electron chi connectivity index (χ0n) is 9.56. The monoisotopic (exact) mass is 245 g/mol. The minimum atomic E-state index is -0.783. The van der Waals surface area contributed by atoms with Crippen LogP contribution in [0.3, 0.4) is 0 Å². The summed E-state index contributed by atoms with van der Waals surface area (Å²) in [6.45, 7) is 0.491. The van der Waals surface area contributed by atoms with Gasteiger partial charge in [0.1, 0.15) is 5.82 Å². The standard InChI is InChI=1S/C13H12FN3O/c14-12-5-4-9(7-11(12)13(15)18)17-8-10-3-1-2-6-16-10/h1-7,17H,8H2,(H2,15,18). The number of nitrogens with one attached hydrogen (secondary N) is 1. The summed E-state index contributed by atoms with van der Waals surface area (Å²) in [5, 5.41) is 3.05. The number of anilines is 1. The van der Waals surface area contributed by atoms with Crippen molar-refractivity contribution in [2.24, 2.45) is 5.73 Å². The second kappa shape index (κ2) is 5.27. The molecule has 2 aromatic rings. The van der Waals surface area contributed by atoms with E-state index in [0.29, 0.717) is 12.2 Å². The lowest BCUT2D eigenvalue weighted by Gasteiger charge is -2.07. The van der Waals surface area contributed by atoms with Gasteiger partial charge in [0.2, 0.25) is 0 Å². The Morgan fingerprint density at radius 1 is 1.33 bits per heavy atom. The summed E-state index contributed by atoms with van der Waals surface area (Å²) < 4.78 is 13.2. The Balaban J connectivity index is 2.11. The molecule has 4 nitrogen and oxygen atoms in total. The molecule has 1 amide bonds. The van der Waals surface area contributed by atoms with Crippen LogP contribution in [0.15, 0.2) is 42.6 Å². The summed E-state index contributed by atoms with van der Waals surface area (Å²) in [5.41, 5.74) is 6.42. The van der Waals surface area contributed by atoms with E-state index < -0.39 is 11.7 Å². The molecule has 3 N–H and O–H groups in total. The fourth-order valence-corrected chi connectivity index (χ4v) is 1.52. The molecule has 0 radical (unpaired) electrons. The molecule has 92 valence electrons. The number of benzene rings is 1. The SMILES string of the molecule is NC(=O)c1cc(NCc2ccccn2)ccc1F. The molecule has 0 fully saturated rings. The summed E-state index contributed by atoms with van der Waals surface area (Å²) in [5.74, 6) is -1.40. The first-order valence-electron chi connectivity index (χ1n) is 5.40. The maximum absolute atomic E-state index is 13.2. The van der Waals surface area contributed by atoms with Gasteiger partial charge in [0.15, 0.2) is 0 Å². The number of amides is 1. The molecule has 0 saturated carbocycles. The normalized spacial score (nSPS) is 10.1. The van der Waals surface area contributed by atoms with Crippen LogP contribution in [0.2, 0.25) is 0 Å². The van der Waals surface area contributed by atoms with E-state index in [1.54, 1.807) is 12.3 Å². The van der Waals surface area contributed by atoms with Crippen LogP contribution in [0.5, 0.6) is 0 Å². The van der Waals surface area contributed by atoms with Crippen molar-refractivity contribution in [3.8, 4) is 0 Å². The molecule has 5 heteroatoms. The van der Waals surface area contributed by atoms with Gasteiger partial charge in [-0.25, -0.2) is 4.39 Å². The lowest BCUT2D eigenvalue weighted by Crippen LogP contribution is -2.13. The van der Waals surface area contributed by atoms with Crippen molar-refractivity contribution in [1.82, 2.24) is 4.98 Å². The summed E-state index contributed by atoms with van der Waals surface area (Å²) in [4.78, 5) is 15.1.